The second-order valence-corrected chi connectivity index (χ2v) is 4.07. The smallest absolute Gasteiger partial charge is 0.328 e. The molecule has 0 bridgehead atoms. The molecule has 0 spiro atoms. The van der Waals surface area contributed by atoms with E-state index in [0.717, 1.165) is 5.39 Å². The normalized spacial score (nSPS) is 12.3. The summed E-state index contributed by atoms with van der Waals surface area (Å²) in [6, 6.07) is 5.97. The number of hydrogen-bond acceptors (Lipinski definition) is 4. The van der Waals surface area contributed by atoms with Crippen LogP contribution in [0.15, 0.2) is 34.9 Å². The number of carbonyl (C=O) groups is 2. The summed E-state index contributed by atoms with van der Waals surface area (Å²) in [7, 11) is 0. The van der Waals surface area contributed by atoms with Crippen molar-refractivity contribution in [2.24, 2.45) is 0 Å². The Bertz CT molecular complexity index is 604. The molecule has 100 valence electrons. The second-order valence-electron chi connectivity index (χ2n) is 4.07. The average molecular weight is 263 g/mol. The quantitative estimate of drug-likeness (QED) is 0.731. The molecule has 0 saturated carbocycles. The minimum absolute atomic E-state index is 0.000787. The molecule has 3 N–H and O–H groups in total. The van der Waals surface area contributed by atoms with Crippen LogP contribution >= 0.6 is 0 Å². The fraction of sp³-hybridized carbons (Fsp3) is 0.231. The van der Waals surface area contributed by atoms with Crippen molar-refractivity contribution >= 4 is 22.8 Å². The molecular weight excluding hydrogens is 250 g/mol. The minimum atomic E-state index is -1.29. The molecule has 0 aliphatic heterocycles. The van der Waals surface area contributed by atoms with Crippen LogP contribution in [0.25, 0.3) is 11.0 Å². The molecule has 0 saturated heterocycles. The Morgan fingerprint density at radius 2 is 2.05 bits per heavy atom. The molecule has 2 aromatic rings. The molecule has 6 nitrogen and oxygen atoms in total. The van der Waals surface area contributed by atoms with Gasteiger partial charge in [0.1, 0.15) is 11.6 Å². The van der Waals surface area contributed by atoms with Gasteiger partial charge in [-0.25, -0.2) is 4.79 Å². The summed E-state index contributed by atoms with van der Waals surface area (Å²) in [6.07, 6.45) is 1.47. The molecule has 1 unspecified atom stereocenters. The van der Waals surface area contributed by atoms with Gasteiger partial charge >= 0.3 is 5.97 Å². The second kappa shape index (κ2) is 5.53. The van der Waals surface area contributed by atoms with Crippen molar-refractivity contribution in [3.63, 3.8) is 0 Å². The molecule has 1 heterocycles. The minimum Gasteiger partial charge on any atom is -0.480 e. The highest BCUT2D eigenvalue weighted by molar-refractivity contribution is 5.89. The lowest BCUT2D eigenvalue weighted by Gasteiger charge is -2.10. The van der Waals surface area contributed by atoms with E-state index >= 15 is 0 Å². The molecule has 0 radical (unpaired) electrons. The van der Waals surface area contributed by atoms with E-state index < -0.39 is 24.5 Å². The number of furan rings is 1. The Kier molecular flexibility index (Phi) is 3.82. The van der Waals surface area contributed by atoms with E-state index in [0.29, 0.717) is 11.1 Å². The van der Waals surface area contributed by atoms with Crippen LogP contribution in [0.5, 0.6) is 0 Å². The summed E-state index contributed by atoms with van der Waals surface area (Å²) in [6.45, 7) is -0.646. The van der Waals surface area contributed by atoms with E-state index in [1.54, 1.807) is 6.07 Å². The molecule has 0 aliphatic carbocycles. The fourth-order valence-electron chi connectivity index (χ4n) is 1.77. The number of aliphatic hydroxyl groups excluding tert-OH is 1. The molecule has 1 aromatic heterocycles. The van der Waals surface area contributed by atoms with E-state index in [2.05, 4.69) is 5.32 Å². The first-order valence-corrected chi connectivity index (χ1v) is 5.70. The maximum Gasteiger partial charge on any atom is 0.328 e. The number of rotatable bonds is 5. The van der Waals surface area contributed by atoms with Gasteiger partial charge in [-0.05, 0) is 6.07 Å². The van der Waals surface area contributed by atoms with Crippen LogP contribution in [0, 0.1) is 0 Å². The molecule has 2 rings (SSSR count). The number of para-hydroxylation sites is 1. The predicted octanol–water partition coefficient (Wildman–Crippen LogP) is 0.537. The van der Waals surface area contributed by atoms with E-state index in [1.807, 2.05) is 18.2 Å². The molecule has 1 atom stereocenters. The zero-order valence-electron chi connectivity index (χ0n) is 10.00. The number of nitrogens with one attached hydrogen (secondary N) is 1. The Morgan fingerprint density at radius 3 is 2.74 bits per heavy atom. The molecule has 0 aliphatic rings. The first kappa shape index (κ1) is 13.1. The van der Waals surface area contributed by atoms with Gasteiger partial charge in [-0.3, -0.25) is 4.79 Å². The maximum atomic E-state index is 11.7. The van der Waals surface area contributed by atoms with Gasteiger partial charge in [0.25, 0.3) is 0 Å². The van der Waals surface area contributed by atoms with Gasteiger partial charge in [0.05, 0.1) is 19.3 Å². The van der Waals surface area contributed by atoms with Crippen LogP contribution in [0.2, 0.25) is 0 Å². The number of benzene rings is 1. The van der Waals surface area contributed by atoms with Crippen LogP contribution in [0.3, 0.4) is 0 Å². The number of carboxylic acid groups (broad SMARTS) is 1. The highest BCUT2D eigenvalue weighted by atomic mass is 16.4. The monoisotopic (exact) mass is 263 g/mol. The molecule has 0 fully saturated rings. The third-order valence-electron chi connectivity index (χ3n) is 2.73. The van der Waals surface area contributed by atoms with Crippen molar-refractivity contribution < 1.29 is 24.2 Å². The van der Waals surface area contributed by atoms with Crippen molar-refractivity contribution in [2.45, 2.75) is 12.5 Å². The summed E-state index contributed by atoms with van der Waals surface area (Å²) in [5.74, 6) is -1.75. The molecule has 19 heavy (non-hydrogen) atoms. The van der Waals surface area contributed by atoms with Gasteiger partial charge in [-0.15, -0.1) is 0 Å². The number of carbonyl (C=O) groups excluding carboxylic acids is 1. The largest absolute Gasteiger partial charge is 0.480 e. The average Bonchev–Trinajstić information content (AvgIpc) is 2.79. The Morgan fingerprint density at radius 1 is 1.32 bits per heavy atom. The van der Waals surface area contributed by atoms with Crippen molar-refractivity contribution in [1.82, 2.24) is 5.32 Å². The van der Waals surface area contributed by atoms with E-state index in [1.165, 1.54) is 6.26 Å². The van der Waals surface area contributed by atoms with Crippen LogP contribution in [0.1, 0.15) is 5.56 Å². The van der Waals surface area contributed by atoms with Gasteiger partial charge in [0.15, 0.2) is 0 Å². The summed E-state index contributed by atoms with van der Waals surface area (Å²) < 4.78 is 5.28. The molecular formula is C13H13NO5. The van der Waals surface area contributed by atoms with Crippen LogP contribution in [0.4, 0.5) is 0 Å². The number of aliphatic hydroxyl groups is 1. The number of amides is 1. The van der Waals surface area contributed by atoms with Crippen molar-refractivity contribution in [2.75, 3.05) is 6.61 Å². The maximum absolute atomic E-state index is 11.7. The summed E-state index contributed by atoms with van der Waals surface area (Å²) in [4.78, 5) is 22.4. The van der Waals surface area contributed by atoms with Crippen molar-refractivity contribution in [3.8, 4) is 0 Å². The predicted molar refractivity (Wildman–Crippen MR) is 66.6 cm³/mol. The lowest BCUT2D eigenvalue weighted by Crippen LogP contribution is -2.43. The zero-order valence-corrected chi connectivity index (χ0v) is 10.00. The van der Waals surface area contributed by atoms with Crippen LogP contribution in [-0.2, 0) is 16.0 Å². The standard InChI is InChI=1S/C13H13NO5/c15-6-10(13(17)18)14-12(16)5-8-7-19-11-4-2-1-3-9(8)11/h1-4,7,10,15H,5-6H2,(H,14,16)(H,17,18). The summed E-state index contributed by atoms with van der Waals surface area (Å²) in [5, 5.41) is 20.6. The highest BCUT2D eigenvalue weighted by Crippen LogP contribution is 2.20. The number of fused-ring (bicyclic) bond motifs is 1. The van der Waals surface area contributed by atoms with Gasteiger partial charge < -0.3 is 19.9 Å². The first-order valence-electron chi connectivity index (χ1n) is 5.70. The van der Waals surface area contributed by atoms with Crippen LogP contribution < -0.4 is 5.32 Å². The Hall–Kier alpha value is -2.34. The molecule has 6 heteroatoms. The summed E-state index contributed by atoms with van der Waals surface area (Å²) >= 11 is 0. The van der Waals surface area contributed by atoms with E-state index in [9.17, 15) is 9.59 Å². The third-order valence-corrected chi connectivity index (χ3v) is 2.73. The molecule has 1 amide bonds. The number of hydrogen-bond donors (Lipinski definition) is 3. The highest BCUT2D eigenvalue weighted by Gasteiger charge is 2.19. The third kappa shape index (κ3) is 2.92. The van der Waals surface area contributed by atoms with Crippen molar-refractivity contribution in [1.29, 1.82) is 0 Å². The summed E-state index contributed by atoms with van der Waals surface area (Å²) in [5.41, 5.74) is 1.34. The van der Waals surface area contributed by atoms with E-state index in [4.69, 9.17) is 14.6 Å². The topological polar surface area (TPSA) is 99.8 Å². The first-order chi connectivity index (χ1) is 9.11. The SMILES string of the molecule is O=C(Cc1coc2ccccc12)NC(CO)C(=O)O. The van der Waals surface area contributed by atoms with Gasteiger partial charge in [-0.1, -0.05) is 18.2 Å². The van der Waals surface area contributed by atoms with E-state index in [-0.39, 0.29) is 6.42 Å². The zero-order chi connectivity index (χ0) is 13.8. The Balaban J connectivity index is 2.09. The van der Waals surface area contributed by atoms with Gasteiger partial charge in [-0.2, -0.15) is 0 Å². The van der Waals surface area contributed by atoms with Gasteiger partial charge in [0.2, 0.25) is 5.91 Å². The number of carboxylic acids is 1. The molecule has 1 aromatic carbocycles. The fourth-order valence-corrected chi connectivity index (χ4v) is 1.77. The number of aliphatic carboxylic acids is 1. The van der Waals surface area contributed by atoms with Crippen LogP contribution in [-0.4, -0.2) is 34.7 Å². The lowest BCUT2D eigenvalue weighted by molar-refractivity contribution is -0.142. The Labute approximate surface area is 108 Å². The van der Waals surface area contributed by atoms with Crippen molar-refractivity contribution in [3.05, 3.63) is 36.1 Å². The lowest BCUT2D eigenvalue weighted by atomic mass is 10.1. The van der Waals surface area contributed by atoms with Gasteiger partial charge in [0, 0.05) is 10.9 Å².